The number of H-pyrrole nitrogens is 1. The maximum Gasteiger partial charge on any atom is 0.412 e. The number of methoxy groups -OCH3 is 1. The predicted molar refractivity (Wildman–Crippen MR) is 112 cm³/mol. The van der Waals surface area contributed by atoms with Crippen molar-refractivity contribution in [2.45, 2.75) is 20.3 Å². The second kappa shape index (κ2) is 7.98. The van der Waals surface area contributed by atoms with Crippen LogP contribution in [0.1, 0.15) is 16.8 Å². The van der Waals surface area contributed by atoms with Crippen LogP contribution in [0.15, 0.2) is 36.7 Å². The zero-order valence-electron chi connectivity index (χ0n) is 16.9. The van der Waals surface area contributed by atoms with Crippen molar-refractivity contribution >= 4 is 28.0 Å². The molecule has 0 aliphatic carbocycles. The number of halogens is 1. The van der Waals surface area contributed by atoms with E-state index in [4.69, 9.17) is 9.47 Å². The van der Waals surface area contributed by atoms with Crippen LogP contribution in [-0.4, -0.2) is 34.7 Å². The molecule has 2 N–H and O–H groups in total. The third-order valence-electron chi connectivity index (χ3n) is 5.01. The summed E-state index contributed by atoms with van der Waals surface area (Å²) < 4.78 is 25.0. The van der Waals surface area contributed by atoms with Crippen molar-refractivity contribution in [1.82, 2.24) is 20.3 Å². The Labute approximate surface area is 172 Å². The van der Waals surface area contributed by atoms with Crippen LogP contribution in [0.4, 0.5) is 9.18 Å². The molecule has 8 heteroatoms. The van der Waals surface area contributed by atoms with Crippen LogP contribution in [-0.2, 0) is 6.42 Å². The summed E-state index contributed by atoms with van der Waals surface area (Å²) in [5.41, 5.74) is 4.49. The van der Waals surface area contributed by atoms with E-state index in [0.717, 1.165) is 27.7 Å². The fourth-order valence-electron chi connectivity index (χ4n) is 3.62. The minimum absolute atomic E-state index is 0.203. The van der Waals surface area contributed by atoms with E-state index in [1.165, 1.54) is 7.11 Å². The molecule has 0 bridgehead atoms. The van der Waals surface area contributed by atoms with Crippen molar-refractivity contribution in [3.8, 4) is 11.5 Å². The van der Waals surface area contributed by atoms with Gasteiger partial charge in [-0.2, -0.15) is 0 Å². The SMILES string of the molecule is COc1cc(C)c2c(CCNC(=O)Oc3ccc4nccnc4c3)c(C)[nH]c2c1F. The van der Waals surface area contributed by atoms with Gasteiger partial charge in [-0.3, -0.25) is 9.97 Å². The van der Waals surface area contributed by atoms with Crippen LogP contribution in [0, 0.1) is 19.7 Å². The molecule has 30 heavy (non-hydrogen) atoms. The van der Waals surface area contributed by atoms with Crippen molar-refractivity contribution in [3.05, 3.63) is 59.3 Å². The molecule has 0 saturated heterocycles. The van der Waals surface area contributed by atoms with E-state index in [2.05, 4.69) is 20.3 Å². The first-order valence-corrected chi connectivity index (χ1v) is 9.48. The highest BCUT2D eigenvalue weighted by molar-refractivity contribution is 5.89. The average molecular weight is 408 g/mol. The molecular weight excluding hydrogens is 387 g/mol. The molecule has 0 spiro atoms. The number of nitrogens with one attached hydrogen (secondary N) is 2. The van der Waals surface area contributed by atoms with Crippen molar-refractivity contribution in [2.75, 3.05) is 13.7 Å². The summed E-state index contributed by atoms with van der Waals surface area (Å²) in [6.45, 7) is 4.13. The molecule has 0 atom stereocenters. The van der Waals surface area contributed by atoms with Gasteiger partial charge in [0.15, 0.2) is 11.6 Å². The second-order valence-corrected chi connectivity index (χ2v) is 6.96. The van der Waals surface area contributed by atoms with Gasteiger partial charge in [0, 0.05) is 36.1 Å². The van der Waals surface area contributed by atoms with Gasteiger partial charge in [0.25, 0.3) is 0 Å². The first-order valence-electron chi connectivity index (χ1n) is 9.48. The Hall–Kier alpha value is -3.68. The summed E-state index contributed by atoms with van der Waals surface area (Å²) in [6.07, 6.45) is 3.14. The number of carbonyl (C=O) groups excluding carboxylic acids is 1. The van der Waals surface area contributed by atoms with E-state index in [1.807, 2.05) is 13.8 Å². The van der Waals surface area contributed by atoms with Crippen molar-refractivity contribution in [3.63, 3.8) is 0 Å². The number of benzene rings is 2. The molecule has 4 rings (SSSR count). The van der Waals surface area contributed by atoms with Crippen molar-refractivity contribution in [1.29, 1.82) is 0 Å². The van der Waals surface area contributed by atoms with Gasteiger partial charge >= 0.3 is 6.09 Å². The van der Waals surface area contributed by atoms with Gasteiger partial charge in [-0.15, -0.1) is 0 Å². The van der Waals surface area contributed by atoms with Crippen LogP contribution in [0.2, 0.25) is 0 Å². The molecule has 0 radical (unpaired) electrons. The van der Waals surface area contributed by atoms with Gasteiger partial charge in [0.2, 0.25) is 0 Å². The maximum absolute atomic E-state index is 14.6. The molecule has 2 aromatic carbocycles. The number of nitrogens with zero attached hydrogens (tertiary/aromatic N) is 2. The Balaban J connectivity index is 1.44. The first-order chi connectivity index (χ1) is 14.5. The molecule has 0 unspecified atom stereocenters. The van der Waals surface area contributed by atoms with E-state index in [-0.39, 0.29) is 5.75 Å². The third-order valence-corrected chi connectivity index (χ3v) is 5.01. The average Bonchev–Trinajstić information content (AvgIpc) is 3.07. The number of amides is 1. The van der Waals surface area contributed by atoms with Crippen LogP contribution < -0.4 is 14.8 Å². The highest BCUT2D eigenvalue weighted by Gasteiger charge is 2.18. The molecule has 1 amide bonds. The fraction of sp³-hybridized carbons (Fsp3) is 0.227. The molecule has 154 valence electrons. The number of aromatic amines is 1. The van der Waals surface area contributed by atoms with Gasteiger partial charge in [-0.25, -0.2) is 9.18 Å². The number of rotatable bonds is 5. The quantitative estimate of drug-likeness (QED) is 0.516. The summed E-state index contributed by atoms with van der Waals surface area (Å²) in [5, 5.41) is 3.55. The summed E-state index contributed by atoms with van der Waals surface area (Å²) in [7, 11) is 1.44. The standard InChI is InChI=1S/C22H21FN4O3/c1-12-10-18(29-3)20(23)21-19(12)15(13(2)27-21)6-7-26-22(28)30-14-4-5-16-17(11-14)25-9-8-24-16/h4-5,8-11,27H,6-7H2,1-3H3,(H,26,28). The first kappa shape index (κ1) is 19.6. The van der Waals surface area contributed by atoms with Crippen LogP contribution in [0.3, 0.4) is 0 Å². The number of ether oxygens (including phenoxy) is 2. The number of aromatic nitrogens is 3. The Kier molecular flexibility index (Phi) is 5.22. The molecule has 2 aromatic heterocycles. The van der Waals surface area contributed by atoms with Gasteiger partial charge < -0.3 is 19.8 Å². The van der Waals surface area contributed by atoms with E-state index in [1.54, 1.807) is 36.7 Å². The molecule has 0 aliphatic heterocycles. The number of hydrogen-bond acceptors (Lipinski definition) is 5. The monoisotopic (exact) mass is 408 g/mol. The van der Waals surface area contributed by atoms with Gasteiger partial charge in [-0.05, 0) is 49.6 Å². The Morgan fingerprint density at radius 2 is 1.93 bits per heavy atom. The molecular formula is C22H21FN4O3. The van der Waals surface area contributed by atoms with Gasteiger partial charge in [0.05, 0.1) is 23.7 Å². The topological polar surface area (TPSA) is 89.1 Å². The summed E-state index contributed by atoms with van der Waals surface area (Å²) >= 11 is 0. The minimum atomic E-state index is -0.569. The lowest BCUT2D eigenvalue weighted by Crippen LogP contribution is -2.28. The Morgan fingerprint density at radius 3 is 2.70 bits per heavy atom. The molecule has 7 nitrogen and oxygen atoms in total. The molecule has 0 fully saturated rings. The minimum Gasteiger partial charge on any atom is -0.494 e. The van der Waals surface area contributed by atoms with Crippen LogP contribution in [0.5, 0.6) is 11.5 Å². The fourth-order valence-corrected chi connectivity index (χ4v) is 3.62. The second-order valence-electron chi connectivity index (χ2n) is 6.96. The summed E-state index contributed by atoms with van der Waals surface area (Å²) in [5.74, 6) is 0.169. The zero-order chi connectivity index (χ0) is 21.3. The van der Waals surface area contributed by atoms with Crippen molar-refractivity contribution < 1.29 is 18.7 Å². The predicted octanol–water partition coefficient (Wildman–Crippen LogP) is 4.21. The maximum atomic E-state index is 14.6. The molecule has 4 aromatic rings. The molecule has 0 aliphatic rings. The lowest BCUT2D eigenvalue weighted by molar-refractivity contribution is 0.200. The van der Waals surface area contributed by atoms with Crippen molar-refractivity contribution in [2.24, 2.45) is 0 Å². The highest BCUT2D eigenvalue weighted by Crippen LogP contribution is 2.33. The number of hydrogen-bond donors (Lipinski definition) is 2. The van der Waals surface area contributed by atoms with Crippen LogP contribution in [0.25, 0.3) is 21.9 Å². The lowest BCUT2D eigenvalue weighted by atomic mass is 10.0. The lowest BCUT2D eigenvalue weighted by Gasteiger charge is -2.09. The molecule has 2 heterocycles. The van der Waals surface area contributed by atoms with Crippen LogP contribution >= 0.6 is 0 Å². The summed E-state index contributed by atoms with van der Waals surface area (Å²) in [4.78, 5) is 23.6. The molecule has 0 saturated carbocycles. The zero-order valence-corrected chi connectivity index (χ0v) is 16.9. The van der Waals surface area contributed by atoms with Gasteiger partial charge in [0.1, 0.15) is 5.75 Å². The van der Waals surface area contributed by atoms with E-state index < -0.39 is 11.9 Å². The number of aryl methyl sites for hydroxylation is 2. The number of carbonyl (C=O) groups is 1. The highest BCUT2D eigenvalue weighted by atomic mass is 19.1. The van der Waals surface area contributed by atoms with E-state index in [9.17, 15) is 9.18 Å². The third kappa shape index (κ3) is 3.63. The smallest absolute Gasteiger partial charge is 0.412 e. The number of fused-ring (bicyclic) bond motifs is 2. The Morgan fingerprint density at radius 1 is 1.17 bits per heavy atom. The van der Waals surface area contributed by atoms with E-state index >= 15 is 0 Å². The van der Waals surface area contributed by atoms with E-state index in [0.29, 0.717) is 29.7 Å². The normalized spacial score (nSPS) is 11.1. The summed E-state index contributed by atoms with van der Waals surface area (Å²) in [6, 6.07) is 6.75. The largest absolute Gasteiger partial charge is 0.494 e. The Bertz CT molecular complexity index is 1250. The van der Waals surface area contributed by atoms with Gasteiger partial charge in [-0.1, -0.05) is 0 Å².